The van der Waals surface area contributed by atoms with Crippen LogP contribution in [-0.4, -0.2) is 17.3 Å². The van der Waals surface area contributed by atoms with Crippen molar-refractivity contribution >= 4 is 14.0 Å². The van der Waals surface area contributed by atoms with E-state index >= 15 is 0 Å². The molecule has 1 rings (SSSR count). The molecule has 0 aromatic rings. The second kappa shape index (κ2) is 5.06. The molecule has 0 saturated heterocycles. The van der Waals surface area contributed by atoms with Gasteiger partial charge in [0.2, 0.25) is 0 Å². The van der Waals surface area contributed by atoms with Gasteiger partial charge in [0.15, 0.2) is 5.78 Å². The van der Waals surface area contributed by atoms with E-state index in [1.165, 1.54) is 6.42 Å². The molecule has 0 bridgehead atoms. The summed E-state index contributed by atoms with van der Waals surface area (Å²) in [7, 11) is -2.96. The quantitative estimate of drug-likeness (QED) is 0.735. The summed E-state index contributed by atoms with van der Waals surface area (Å²) in [5.74, 6) is -0.0374. The normalized spacial score (nSPS) is 23.0. The smallest absolute Gasteiger partial charge is 0.317 e. The first kappa shape index (κ1) is 11.9. The van der Waals surface area contributed by atoms with Gasteiger partial charge in [-0.05, 0) is 12.8 Å². The molecule has 1 N–H and O–H groups in total. The van der Waals surface area contributed by atoms with Crippen molar-refractivity contribution in [1.82, 2.24) is 0 Å². The zero-order valence-electron chi connectivity index (χ0n) is 8.41. The highest BCUT2D eigenvalue weighted by atomic mass is 31.1. The molecule has 0 heterocycles. The fraction of sp³-hybridized carbons (Fsp3) is 0.889. The Morgan fingerprint density at radius 1 is 1.43 bits per heavy atom. The van der Waals surface area contributed by atoms with Crippen molar-refractivity contribution in [3.8, 4) is 0 Å². The molecule has 82 valence electrons. The van der Waals surface area contributed by atoms with Crippen LogP contribution in [0.5, 0.6) is 0 Å². The SMILES string of the molecule is CC1(C(=O)CO[PH](=O)O)CCCCC1. The van der Waals surface area contributed by atoms with Crippen molar-refractivity contribution in [3.05, 3.63) is 0 Å². The highest BCUT2D eigenvalue weighted by Crippen LogP contribution is 2.37. The van der Waals surface area contributed by atoms with Crippen LogP contribution in [0, 0.1) is 5.41 Å². The van der Waals surface area contributed by atoms with E-state index in [1.807, 2.05) is 6.92 Å². The minimum atomic E-state index is -2.96. The van der Waals surface area contributed by atoms with E-state index in [2.05, 4.69) is 4.52 Å². The molecule has 4 nitrogen and oxygen atoms in total. The van der Waals surface area contributed by atoms with Gasteiger partial charge in [0.05, 0.1) is 0 Å². The van der Waals surface area contributed by atoms with Crippen molar-refractivity contribution in [2.45, 2.75) is 39.0 Å². The molecule has 1 fully saturated rings. The Morgan fingerprint density at radius 2 is 2.00 bits per heavy atom. The maximum Gasteiger partial charge on any atom is 0.317 e. The lowest BCUT2D eigenvalue weighted by Gasteiger charge is -2.31. The summed E-state index contributed by atoms with van der Waals surface area (Å²) in [4.78, 5) is 20.1. The second-order valence-electron chi connectivity index (χ2n) is 4.10. The number of ketones is 1. The molecule has 0 amide bonds. The molecule has 1 aliphatic rings. The Hall–Kier alpha value is -0.180. The van der Waals surface area contributed by atoms with Crippen LogP contribution < -0.4 is 0 Å². The van der Waals surface area contributed by atoms with Crippen LogP contribution >= 0.6 is 8.25 Å². The number of hydrogen-bond acceptors (Lipinski definition) is 3. The molecule has 1 unspecified atom stereocenters. The van der Waals surface area contributed by atoms with E-state index in [9.17, 15) is 9.36 Å². The molecular weight excluding hydrogens is 203 g/mol. The van der Waals surface area contributed by atoms with Gasteiger partial charge >= 0.3 is 8.25 Å². The van der Waals surface area contributed by atoms with Crippen molar-refractivity contribution in [1.29, 1.82) is 0 Å². The first-order valence-electron chi connectivity index (χ1n) is 4.94. The van der Waals surface area contributed by atoms with Gasteiger partial charge in [-0.15, -0.1) is 0 Å². The molecule has 5 heteroatoms. The van der Waals surface area contributed by atoms with Crippen LogP contribution in [0.2, 0.25) is 0 Å². The van der Waals surface area contributed by atoms with E-state index in [0.29, 0.717) is 0 Å². The van der Waals surface area contributed by atoms with Crippen LogP contribution in [0.25, 0.3) is 0 Å². The summed E-state index contributed by atoms with van der Waals surface area (Å²) in [5, 5.41) is 0. The number of rotatable bonds is 4. The van der Waals surface area contributed by atoms with Crippen LogP contribution in [0.3, 0.4) is 0 Å². The largest absolute Gasteiger partial charge is 0.326 e. The highest BCUT2D eigenvalue weighted by molar-refractivity contribution is 7.32. The van der Waals surface area contributed by atoms with E-state index in [1.54, 1.807) is 0 Å². The number of carbonyl (C=O) groups is 1. The fourth-order valence-electron chi connectivity index (χ4n) is 1.91. The van der Waals surface area contributed by atoms with Crippen molar-refractivity contribution in [2.24, 2.45) is 5.41 Å². The van der Waals surface area contributed by atoms with Gasteiger partial charge in [-0.1, -0.05) is 26.2 Å². The van der Waals surface area contributed by atoms with Gasteiger partial charge in [-0.2, -0.15) is 0 Å². The average molecular weight is 220 g/mol. The lowest BCUT2D eigenvalue weighted by atomic mass is 9.73. The summed E-state index contributed by atoms with van der Waals surface area (Å²) >= 11 is 0. The predicted octanol–water partition coefficient (Wildman–Crippen LogP) is 1.92. The Labute approximate surface area is 84.6 Å². The lowest BCUT2D eigenvalue weighted by Crippen LogP contribution is -2.32. The van der Waals surface area contributed by atoms with E-state index in [0.717, 1.165) is 25.7 Å². The van der Waals surface area contributed by atoms with Gasteiger partial charge in [0.25, 0.3) is 0 Å². The van der Waals surface area contributed by atoms with E-state index in [-0.39, 0.29) is 17.8 Å². The zero-order valence-corrected chi connectivity index (χ0v) is 9.41. The zero-order chi connectivity index (χ0) is 10.6. The summed E-state index contributed by atoms with van der Waals surface area (Å²) < 4.78 is 14.8. The van der Waals surface area contributed by atoms with Gasteiger partial charge in [0, 0.05) is 5.41 Å². The maximum absolute atomic E-state index is 11.7. The van der Waals surface area contributed by atoms with Crippen LogP contribution in [0.1, 0.15) is 39.0 Å². The molecule has 1 saturated carbocycles. The van der Waals surface area contributed by atoms with Crippen LogP contribution in [-0.2, 0) is 13.9 Å². The molecular formula is C9H17O4P. The van der Waals surface area contributed by atoms with Gasteiger partial charge in [-0.25, -0.2) is 0 Å². The van der Waals surface area contributed by atoms with Crippen molar-refractivity contribution < 1.29 is 18.8 Å². The Bertz CT molecular complexity index is 233. The second-order valence-corrected chi connectivity index (χ2v) is 4.92. The molecule has 0 radical (unpaired) electrons. The van der Waals surface area contributed by atoms with Crippen molar-refractivity contribution in [3.63, 3.8) is 0 Å². The molecule has 0 aliphatic heterocycles. The van der Waals surface area contributed by atoms with E-state index in [4.69, 9.17) is 4.89 Å². The Balaban J connectivity index is 2.45. The Morgan fingerprint density at radius 3 is 2.50 bits per heavy atom. The molecule has 0 spiro atoms. The third kappa shape index (κ3) is 3.19. The summed E-state index contributed by atoms with van der Waals surface area (Å²) in [6.45, 7) is 1.71. The molecule has 0 aromatic heterocycles. The topological polar surface area (TPSA) is 63.6 Å². The number of Topliss-reactive ketones (excluding diaryl/α,β-unsaturated/α-hetero) is 1. The third-order valence-corrected chi connectivity index (χ3v) is 3.35. The summed E-state index contributed by atoms with van der Waals surface area (Å²) in [5.41, 5.74) is -0.324. The molecule has 1 aliphatic carbocycles. The standard InChI is InChI=1S/C9H17O4P/c1-9(5-3-2-4-6-9)8(10)7-13-14(11)12/h14H,2-7H2,1H3,(H,11,12). The first-order chi connectivity index (χ1) is 6.54. The molecule has 0 aromatic carbocycles. The number of hydrogen-bond donors (Lipinski definition) is 1. The van der Waals surface area contributed by atoms with Gasteiger partial charge < -0.3 is 9.42 Å². The average Bonchev–Trinajstić information content (AvgIpc) is 2.15. The van der Waals surface area contributed by atoms with Gasteiger partial charge in [-0.3, -0.25) is 9.36 Å². The van der Waals surface area contributed by atoms with Crippen molar-refractivity contribution in [2.75, 3.05) is 6.61 Å². The van der Waals surface area contributed by atoms with Crippen LogP contribution in [0.15, 0.2) is 0 Å². The fourth-order valence-corrected chi connectivity index (χ4v) is 2.17. The van der Waals surface area contributed by atoms with Crippen LogP contribution in [0.4, 0.5) is 0 Å². The minimum Gasteiger partial charge on any atom is -0.326 e. The highest BCUT2D eigenvalue weighted by Gasteiger charge is 2.34. The molecule has 1 atom stereocenters. The van der Waals surface area contributed by atoms with E-state index < -0.39 is 8.25 Å². The lowest BCUT2D eigenvalue weighted by molar-refractivity contribution is -0.131. The monoisotopic (exact) mass is 220 g/mol. The summed E-state index contributed by atoms with van der Waals surface area (Å²) in [6.07, 6.45) is 5.07. The summed E-state index contributed by atoms with van der Waals surface area (Å²) in [6, 6.07) is 0. The first-order valence-corrected chi connectivity index (χ1v) is 6.20. The maximum atomic E-state index is 11.7. The Kier molecular flexibility index (Phi) is 4.30. The molecule has 14 heavy (non-hydrogen) atoms. The minimum absolute atomic E-state index is 0.0374. The van der Waals surface area contributed by atoms with Gasteiger partial charge in [0.1, 0.15) is 6.61 Å². The third-order valence-electron chi connectivity index (χ3n) is 2.96. The predicted molar refractivity (Wildman–Crippen MR) is 53.4 cm³/mol. The number of carbonyl (C=O) groups excluding carboxylic acids is 1.